The summed E-state index contributed by atoms with van der Waals surface area (Å²) in [5.74, 6) is -8.60. The lowest BCUT2D eigenvalue weighted by Crippen LogP contribution is -2.58. The molecule has 3 aliphatic carbocycles. The maximum absolute atomic E-state index is 13.5. The van der Waals surface area contributed by atoms with Gasteiger partial charge in [0.05, 0.1) is 5.56 Å². The van der Waals surface area contributed by atoms with Crippen molar-refractivity contribution in [1.29, 1.82) is 0 Å². The number of phenolic OH excluding ortho intramolecular Hbond substituents is 3. The predicted molar refractivity (Wildman–Crippen MR) is 119 cm³/mol. The van der Waals surface area contributed by atoms with Crippen LogP contribution in [0.15, 0.2) is 47.2 Å². The second-order valence-corrected chi connectivity index (χ2v) is 9.04. The Bertz CT molecular complexity index is 1420. The highest BCUT2D eigenvalue weighted by Crippen LogP contribution is 2.53. The first-order valence-electron chi connectivity index (χ1n) is 10.7. The standard InChI is InChI=1S/C25H20O10/c26-14-3-1-9(7-16(14)28)12-2-4-15(27)19-13(12)6-10-5-11-8-17(29)20(24(33)34)23(32)25(11,35)22(31)18(10)21(19)30/h1-4,7,10-11,26-28,30,32,35H,5-6,8H2,(H,33,34)/t10-,11+,25+/m1/s1. The van der Waals surface area contributed by atoms with Crippen LogP contribution in [0.3, 0.4) is 0 Å². The Hall–Kier alpha value is -4.31. The highest BCUT2D eigenvalue weighted by molar-refractivity contribution is 6.21. The molecule has 10 heteroatoms. The van der Waals surface area contributed by atoms with Crippen molar-refractivity contribution in [2.45, 2.75) is 24.9 Å². The summed E-state index contributed by atoms with van der Waals surface area (Å²) in [5.41, 5.74) is -2.71. The number of carboxylic acid groups (broad SMARTS) is 1. The molecule has 0 spiro atoms. The van der Waals surface area contributed by atoms with Crippen molar-refractivity contribution < 1.29 is 50.1 Å². The first-order chi connectivity index (χ1) is 16.5. The van der Waals surface area contributed by atoms with Gasteiger partial charge in [0.25, 0.3) is 0 Å². The van der Waals surface area contributed by atoms with Crippen LogP contribution in [-0.2, 0) is 20.8 Å². The molecule has 0 bridgehead atoms. The molecule has 1 saturated carbocycles. The summed E-state index contributed by atoms with van der Waals surface area (Å²) >= 11 is 0. The molecule has 0 unspecified atom stereocenters. The Kier molecular flexibility index (Phi) is 4.72. The molecule has 0 aliphatic heterocycles. The molecule has 5 rings (SSSR count). The van der Waals surface area contributed by atoms with Crippen molar-refractivity contribution in [3.05, 3.63) is 58.4 Å². The normalized spacial score (nSPS) is 25.7. The van der Waals surface area contributed by atoms with Crippen molar-refractivity contribution in [2.24, 2.45) is 11.8 Å². The van der Waals surface area contributed by atoms with E-state index in [-0.39, 0.29) is 41.2 Å². The van der Waals surface area contributed by atoms with E-state index in [2.05, 4.69) is 0 Å². The van der Waals surface area contributed by atoms with Gasteiger partial charge in [-0.1, -0.05) is 12.1 Å². The predicted octanol–water partition coefficient (Wildman–Crippen LogP) is 2.10. The number of benzene rings is 2. The first kappa shape index (κ1) is 22.5. The minimum Gasteiger partial charge on any atom is -0.508 e. The number of hydrogen-bond donors (Lipinski definition) is 7. The lowest BCUT2D eigenvalue weighted by molar-refractivity contribution is -0.149. The molecule has 1 fully saturated rings. The average Bonchev–Trinajstić information content (AvgIpc) is 2.78. The van der Waals surface area contributed by atoms with Crippen molar-refractivity contribution >= 4 is 23.3 Å². The summed E-state index contributed by atoms with van der Waals surface area (Å²) in [7, 11) is 0. The summed E-state index contributed by atoms with van der Waals surface area (Å²) in [6.07, 6.45) is -0.410. The molecular formula is C25H20O10. The van der Waals surface area contributed by atoms with Crippen LogP contribution < -0.4 is 0 Å². The van der Waals surface area contributed by atoms with Gasteiger partial charge >= 0.3 is 5.97 Å². The third-order valence-corrected chi connectivity index (χ3v) is 7.20. The fourth-order valence-corrected chi connectivity index (χ4v) is 5.55. The molecule has 2 aromatic rings. The smallest absolute Gasteiger partial charge is 0.342 e. The van der Waals surface area contributed by atoms with Crippen LogP contribution in [0.4, 0.5) is 0 Å². The number of carbonyl (C=O) groups is 3. The lowest BCUT2D eigenvalue weighted by atomic mass is 9.59. The molecule has 2 aromatic carbocycles. The Morgan fingerprint density at radius 2 is 1.60 bits per heavy atom. The minimum atomic E-state index is -2.70. The molecule has 0 heterocycles. The van der Waals surface area contributed by atoms with Crippen LogP contribution in [-0.4, -0.2) is 58.9 Å². The third-order valence-electron chi connectivity index (χ3n) is 7.20. The van der Waals surface area contributed by atoms with Crippen LogP contribution in [0.1, 0.15) is 24.0 Å². The monoisotopic (exact) mass is 480 g/mol. The molecule has 0 radical (unpaired) electrons. The molecule has 3 aliphatic rings. The number of rotatable bonds is 2. The summed E-state index contributed by atoms with van der Waals surface area (Å²) in [5, 5.41) is 72.2. The largest absolute Gasteiger partial charge is 0.508 e. The van der Waals surface area contributed by atoms with E-state index >= 15 is 0 Å². The number of aliphatic hydroxyl groups is 3. The minimum absolute atomic E-state index is 0.0281. The van der Waals surface area contributed by atoms with Crippen molar-refractivity contribution in [2.75, 3.05) is 0 Å². The van der Waals surface area contributed by atoms with Gasteiger partial charge in [-0.15, -0.1) is 0 Å². The third kappa shape index (κ3) is 2.96. The van der Waals surface area contributed by atoms with E-state index in [1.807, 2.05) is 0 Å². The zero-order valence-electron chi connectivity index (χ0n) is 18.0. The Morgan fingerprint density at radius 1 is 0.914 bits per heavy atom. The van der Waals surface area contributed by atoms with Gasteiger partial charge < -0.3 is 35.7 Å². The molecule has 0 aromatic heterocycles. The van der Waals surface area contributed by atoms with E-state index in [1.54, 1.807) is 6.07 Å². The number of carboxylic acids is 1. The van der Waals surface area contributed by atoms with Crippen LogP contribution >= 0.6 is 0 Å². The van der Waals surface area contributed by atoms with Gasteiger partial charge in [0.15, 0.2) is 28.6 Å². The van der Waals surface area contributed by atoms with Gasteiger partial charge in [-0.05, 0) is 53.6 Å². The molecule has 0 amide bonds. The second kappa shape index (κ2) is 7.34. The van der Waals surface area contributed by atoms with E-state index in [0.717, 1.165) is 0 Å². The zero-order chi connectivity index (χ0) is 25.4. The number of Topliss-reactive ketones (excluding diaryl/α,β-unsaturated/α-hetero) is 2. The highest BCUT2D eigenvalue weighted by atomic mass is 16.4. The SMILES string of the molecule is O=C(O)C1=C(O)[C@@]2(O)C(=O)C3=C(O)c4c(O)ccc(-c5ccc(O)c(O)c5)c4C[C@H]3C[C@H]2CC1=O. The van der Waals surface area contributed by atoms with E-state index in [9.17, 15) is 50.1 Å². The number of aromatic hydroxyl groups is 3. The Balaban J connectivity index is 1.71. The van der Waals surface area contributed by atoms with Crippen LogP contribution in [0.5, 0.6) is 17.2 Å². The van der Waals surface area contributed by atoms with Gasteiger partial charge in [-0.3, -0.25) is 9.59 Å². The van der Waals surface area contributed by atoms with E-state index < -0.39 is 58.5 Å². The summed E-state index contributed by atoms with van der Waals surface area (Å²) in [4.78, 5) is 37.3. The molecule has 35 heavy (non-hydrogen) atoms. The Morgan fingerprint density at radius 3 is 2.26 bits per heavy atom. The highest BCUT2D eigenvalue weighted by Gasteiger charge is 2.60. The van der Waals surface area contributed by atoms with Gasteiger partial charge in [0.2, 0.25) is 5.78 Å². The molecule has 10 nitrogen and oxygen atoms in total. The summed E-state index contributed by atoms with van der Waals surface area (Å²) in [6.45, 7) is 0. The van der Waals surface area contributed by atoms with Crippen LogP contribution in [0, 0.1) is 11.8 Å². The van der Waals surface area contributed by atoms with E-state index in [1.165, 1.54) is 24.3 Å². The Labute approximate surface area is 197 Å². The fraction of sp³-hybridized carbons (Fsp3) is 0.240. The molecule has 3 atom stereocenters. The van der Waals surface area contributed by atoms with Crippen molar-refractivity contribution in [1.82, 2.24) is 0 Å². The molecule has 7 N–H and O–H groups in total. The lowest BCUT2D eigenvalue weighted by Gasteiger charge is -2.46. The summed E-state index contributed by atoms with van der Waals surface area (Å²) < 4.78 is 0. The molecular weight excluding hydrogens is 460 g/mol. The maximum atomic E-state index is 13.5. The fourth-order valence-electron chi connectivity index (χ4n) is 5.55. The van der Waals surface area contributed by atoms with E-state index in [0.29, 0.717) is 16.7 Å². The first-order valence-corrected chi connectivity index (χ1v) is 10.7. The number of aliphatic carboxylic acids is 1. The van der Waals surface area contributed by atoms with Gasteiger partial charge in [-0.25, -0.2) is 4.79 Å². The number of phenols is 3. The number of hydrogen-bond acceptors (Lipinski definition) is 9. The van der Waals surface area contributed by atoms with Crippen LogP contribution in [0.2, 0.25) is 0 Å². The number of ketones is 2. The topological polar surface area (TPSA) is 193 Å². The average molecular weight is 480 g/mol. The summed E-state index contributed by atoms with van der Waals surface area (Å²) in [6, 6.07) is 6.94. The quantitative estimate of drug-likeness (QED) is 0.247. The van der Waals surface area contributed by atoms with Gasteiger partial charge in [0, 0.05) is 17.9 Å². The number of carbonyl (C=O) groups excluding carboxylic acids is 2. The second-order valence-electron chi connectivity index (χ2n) is 9.04. The molecule has 0 saturated heterocycles. The van der Waals surface area contributed by atoms with Gasteiger partial charge in [0.1, 0.15) is 17.1 Å². The maximum Gasteiger partial charge on any atom is 0.342 e. The van der Waals surface area contributed by atoms with Crippen molar-refractivity contribution in [3.8, 4) is 28.4 Å². The van der Waals surface area contributed by atoms with E-state index in [4.69, 9.17) is 0 Å². The number of fused-ring (bicyclic) bond motifs is 3. The zero-order valence-corrected chi connectivity index (χ0v) is 18.0. The van der Waals surface area contributed by atoms with Crippen LogP contribution in [0.25, 0.3) is 16.9 Å². The number of aliphatic hydroxyl groups excluding tert-OH is 2. The van der Waals surface area contributed by atoms with Crippen molar-refractivity contribution in [3.63, 3.8) is 0 Å². The van der Waals surface area contributed by atoms with Gasteiger partial charge in [-0.2, -0.15) is 0 Å². The molecule has 180 valence electrons.